The predicted octanol–water partition coefficient (Wildman–Crippen LogP) is 4.80. The second-order valence-electron chi connectivity index (χ2n) is 7.99. The molecule has 9 heteroatoms. The molecule has 0 radical (unpaired) electrons. The van der Waals surface area contributed by atoms with E-state index in [4.69, 9.17) is 0 Å². The van der Waals surface area contributed by atoms with Gasteiger partial charge in [-0.15, -0.1) is 0 Å². The average molecular weight is 484 g/mol. The lowest BCUT2D eigenvalue weighted by molar-refractivity contribution is 0.392. The van der Waals surface area contributed by atoms with Gasteiger partial charge in [0, 0.05) is 43.6 Å². The summed E-state index contributed by atoms with van der Waals surface area (Å²) in [6, 6.07) is 19.2. The summed E-state index contributed by atoms with van der Waals surface area (Å²) in [5.41, 5.74) is 1.82. The number of hydrogen-bond donors (Lipinski definition) is 1. The standard InChI is InChI=1S/C24H29N5O2S2/c30-33(31,20-22-13-7-4-8-14-22)28(19-21-11-5-3-6-12-21)17-10-2-1-9-15-25-23-27-32-24-26-16-18-29(23)24/h3-8,11-14,16,18H,1-2,9-10,15,17,19-20H2,(H,25,27). The minimum Gasteiger partial charge on any atom is -0.355 e. The molecular weight excluding hydrogens is 454 g/mol. The molecule has 0 saturated carbocycles. The maximum absolute atomic E-state index is 13.2. The van der Waals surface area contributed by atoms with Gasteiger partial charge >= 0.3 is 0 Å². The van der Waals surface area contributed by atoms with Crippen molar-refractivity contribution < 1.29 is 8.42 Å². The van der Waals surface area contributed by atoms with Crippen molar-refractivity contribution in [2.75, 3.05) is 18.4 Å². The molecule has 0 spiro atoms. The Morgan fingerprint density at radius 1 is 0.909 bits per heavy atom. The number of benzene rings is 2. The number of fused-ring (bicyclic) bond motifs is 1. The van der Waals surface area contributed by atoms with Crippen LogP contribution in [0.4, 0.5) is 5.95 Å². The van der Waals surface area contributed by atoms with E-state index in [0.29, 0.717) is 13.1 Å². The zero-order valence-corrected chi connectivity index (χ0v) is 20.1. The zero-order valence-electron chi connectivity index (χ0n) is 18.5. The van der Waals surface area contributed by atoms with Gasteiger partial charge in [0.15, 0.2) is 0 Å². The van der Waals surface area contributed by atoms with Crippen molar-refractivity contribution in [2.24, 2.45) is 0 Å². The lowest BCUT2D eigenvalue weighted by atomic mass is 10.2. The van der Waals surface area contributed by atoms with Crippen molar-refractivity contribution in [2.45, 2.75) is 38.0 Å². The molecule has 0 aliphatic rings. The predicted molar refractivity (Wildman–Crippen MR) is 134 cm³/mol. The van der Waals surface area contributed by atoms with Crippen molar-refractivity contribution in [3.05, 3.63) is 84.2 Å². The topological polar surface area (TPSA) is 79.6 Å². The van der Waals surface area contributed by atoms with Gasteiger partial charge in [-0.05, 0) is 24.0 Å². The van der Waals surface area contributed by atoms with Gasteiger partial charge in [-0.1, -0.05) is 73.5 Å². The van der Waals surface area contributed by atoms with Gasteiger partial charge in [-0.25, -0.2) is 13.4 Å². The first-order valence-electron chi connectivity index (χ1n) is 11.2. The van der Waals surface area contributed by atoms with Crippen molar-refractivity contribution in [1.82, 2.24) is 18.1 Å². The minimum absolute atomic E-state index is 0.0287. The fourth-order valence-corrected chi connectivity index (χ4v) is 5.92. The number of rotatable bonds is 13. The molecule has 0 amide bonds. The third-order valence-electron chi connectivity index (χ3n) is 5.45. The van der Waals surface area contributed by atoms with E-state index in [1.807, 2.05) is 71.3 Å². The Morgan fingerprint density at radius 3 is 2.36 bits per heavy atom. The Hall–Kier alpha value is -2.75. The van der Waals surface area contributed by atoms with Gasteiger partial charge in [0.2, 0.25) is 20.9 Å². The lowest BCUT2D eigenvalue weighted by Crippen LogP contribution is -2.32. The van der Waals surface area contributed by atoms with Crippen LogP contribution >= 0.6 is 11.5 Å². The number of aromatic nitrogens is 3. The molecule has 0 aliphatic heterocycles. The van der Waals surface area contributed by atoms with Crippen LogP contribution in [0, 0.1) is 0 Å². The summed E-state index contributed by atoms with van der Waals surface area (Å²) < 4.78 is 34.3. The molecule has 0 saturated heterocycles. The molecular formula is C24H29N5O2S2. The average Bonchev–Trinajstić information content (AvgIpc) is 3.43. The fourth-order valence-electron chi connectivity index (χ4n) is 3.71. The number of nitrogens with one attached hydrogen (secondary N) is 1. The van der Waals surface area contributed by atoms with Gasteiger partial charge in [-0.3, -0.25) is 4.40 Å². The smallest absolute Gasteiger partial charge is 0.220 e. The van der Waals surface area contributed by atoms with Gasteiger partial charge in [0.25, 0.3) is 0 Å². The number of hydrogen-bond acceptors (Lipinski definition) is 6. The maximum Gasteiger partial charge on any atom is 0.220 e. The van der Waals surface area contributed by atoms with Crippen molar-refractivity contribution in [1.29, 1.82) is 0 Å². The molecule has 4 rings (SSSR count). The monoisotopic (exact) mass is 483 g/mol. The highest BCUT2D eigenvalue weighted by Crippen LogP contribution is 2.17. The van der Waals surface area contributed by atoms with E-state index in [2.05, 4.69) is 14.7 Å². The molecule has 1 N–H and O–H groups in total. The summed E-state index contributed by atoms with van der Waals surface area (Å²) in [6.45, 7) is 1.76. The molecule has 4 aromatic rings. The van der Waals surface area contributed by atoms with Gasteiger partial charge in [0.1, 0.15) is 0 Å². The van der Waals surface area contributed by atoms with Crippen LogP contribution in [0.5, 0.6) is 0 Å². The Morgan fingerprint density at radius 2 is 1.61 bits per heavy atom. The van der Waals surface area contributed by atoms with Crippen LogP contribution in [-0.4, -0.2) is 39.6 Å². The van der Waals surface area contributed by atoms with Crippen LogP contribution in [0.15, 0.2) is 73.1 Å². The van der Waals surface area contributed by atoms with Crippen LogP contribution in [0.2, 0.25) is 0 Å². The Bertz CT molecular complexity index is 1220. The lowest BCUT2D eigenvalue weighted by Gasteiger charge is -2.22. The van der Waals surface area contributed by atoms with Crippen molar-refractivity contribution in [3.8, 4) is 0 Å². The highest BCUT2D eigenvalue weighted by molar-refractivity contribution is 7.88. The Kier molecular flexibility index (Phi) is 8.09. The summed E-state index contributed by atoms with van der Waals surface area (Å²) in [4.78, 5) is 5.11. The van der Waals surface area contributed by atoms with E-state index < -0.39 is 10.0 Å². The summed E-state index contributed by atoms with van der Waals surface area (Å²) in [5.74, 6) is 0.856. The SMILES string of the molecule is O=S(=O)(Cc1ccccc1)N(CCCCCCNc1nsc2nccn12)Cc1ccccc1. The molecule has 0 aliphatic carbocycles. The van der Waals surface area contributed by atoms with Crippen molar-refractivity contribution in [3.63, 3.8) is 0 Å². The van der Waals surface area contributed by atoms with E-state index in [1.165, 1.54) is 11.5 Å². The van der Waals surface area contributed by atoms with Crippen molar-refractivity contribution >= 4 is 32.5 Å². The van der Waals surface area contributed by atoms with E-state index in [1.54, 1.807) is 10.5 Å². The largest absolute Gasteiger partial charge is 0.355 e. The first-order valence-corrected chi connectivity index (χ1v) is 13.6. The summed E-state index contributed by atoms with van der Waals surface area (Å²) in [6.07, 6.45) is 7.52. The highest BCUT2D eigenvalue weighted by atomic mass is 32.2. The summed E-state index contributed by atoms with van der Waals surface area (Å²) in [7, 11) is -3.41. The third kappa shape index (κ3) is 6.63. The first-order chi connectivity index (χ1) is 16.1. The Labute approximate surface area is 199 Å². The van der Waals surface area contributed by atoms with Crippen LogP contribution in [-0.2, 0) is 22.3 Å². The molecule has 0 atom stereocenters. The number of unbranched alkanes of at least 4 members (excludes halogenated alkanes) is 3. The molecule has 0 bridgehead atoms. The number of nitrogens with zero attached hydrogens (tertiary/aromatic N) is 4. The minimum atomic E-state index is -3.41. The molecule has 2 aromatic heterocycles. The quantitative estimate of drug-likeness (QED) is 0.277. The second-order valence-corrected chi connectivity index (χ2v) is 10.7. The zero-order chi connectivity index (χ0) is 22.9. The van der Waals surface area contributed by atoms with Crippen LogP contribution in [0.1, 0.15) is 36.8 Å². The molecule has 33 heavy (non-hydrogen) atoms. The van der Waals surface area contributed by atoms with Gasteiger partial charge in [-0.2, -0.15) is 8.68 Å². The maximum atomic E-state index is 13.2. The van der Waals surface area contributed by atoms with E-state index >= 15 is 0 Å². The second kappa shape index (κ2) is 11.4. The first kappa shape index (κ1) is 23.4. The molecule has 0 unspecified atom stereocenters. The van der Waals surface area contributed by atoms with E-state index in [-0.39, 0.29) is 5.75 Å². The van der Waals surface area contributed by atoms with Crippen LogP contribution in [0.3, 0.4) is 0 Å². The molecule has 0 fully saturated rings. The molecule has 7 nitrogen and oxygen atoms in total. The molecule has 2 aromatic carbocycles. The summed E-state index contributed by atoms with van der Waals surface area (Å²) in [5, 5.41) is 3.35. The molecule has 174 valence electrons. The van der Waals surface area contributed by atoms with E-state index in [0.717, 1.165) is 54.3 Å². The summed E-state index contributed by atoms with van der Waals surface area (Å²) >= 11 is 1.38. The normalized spacial score (nSPS) is 11.9. The number of sulfonamides is 1. The van der Waals surface area contributed by atoms with Gasteiger partial charge < -0.3 is 5.32 Å². The molecule has 2 heterocycles. The third-order valence-corrected chi connectivity index (χ3v) is 7.98. The van der Waals surface area contributed by atoms with E-state index in [9.17, 15) is 8.42 Å². The fraction of sp³-hybridized carbons (Fsp3) is 0.333. The Balaban J connectivity index is 1.26. The number of anilines is 1. The number of imidazole rings is 1. The van der Waals surface area contributed by atoms with Gasteiger partial charge in [0.05, 0.1) is 5.75 Å². The van der Waals surface area contributed by atoms with Crippen LogP contribution < -0.4 is 5.32 Å². The highest BCUT2D eigenvalue weighted by Gasteiger charge is 2.22. The van der Waals surface area contributed by atoms with Crippen LogP contribution in [0.25, 0.3) is 4.96 Å².